The molecule has 0 fully saturated rings. The Labute approximate surface area is 125 Å². The van der Waals surface area contributed by atoms with E-state index in [4.69, 9.17) is 17.3 Å². The molecule has 0 spiro atoms. The Bertz CT molecular complexity index is 660. The van der Waals surface area contributed by atoms with E-state index in [1.807, 2.05) is 12.1 Å². The lowest BCUT2D eigenvalue weighted by Crippen LogP contribution is -2.03. The number of hydrogen-bond acceptors (Lipinski definition) is 3. The van der Waals surface area contributed by atoms with Gasteiger partial charge >= 0.3 is 0 Å². The summed E-state index contributed by atoms with van der Waals surface area (Å²) >= 11 is 0. The zero-order valence-electron chi connectivity index (χ0n) is 12.0. The molecular weight excluding hydrogens is 263 g/mol. The number of carbonyl (C=O) groups is 1. The highest BCUT2D eigenvalue weighted by Crippen LogP contribution is 2.27. The number of ketones is 1. The second-order valence-corrected chi connectivity index (χ2v) is 4.43. The second kappa shape index (κ2) is 6.79. The third-order valence-electron chi connectivity index (χ3n) is 3.03. The SMILES string of the molecule is [B]c1ccc(C(=O)/C=C/c2ccc(OC)c(OC)c2)cc1. The summed E-state index contributed by atoms with van der Waals surface area (Å²) in [5.74, 6) is 1.20. The van der Waals surface area contributed by atoms with Crippen molar-refractivity contribution in [3.8, 4) is 11.5 Å². The van der Waals surface area contributed by atoms with Crippen molar-refractivity contribution in [2.75, 3.05) is 14.2 Å². The molecular formula is C17H15BO3. The van der Waals surface area contributed by atoms with Crippen molar-refractivity contribution in [2.24, 2.45) is 0 Å². The molecule has 0 N–H and O–H groups in total. The van der Waals surface area contributed by atoms with E-state index in [0.29, 0.717) is 22.5 Å². The average Bonchev–Trinajstić information content (AvgIpc) is 2.52. The Kier molecular flexibility index (Phi) is 4.83. The van der Waals surface area contributed by atoms with E-state index in [1.165, 1.54) is 6.08 Å². The molecule has 2 radical (unpaired) electrons. The third-order valence-corrected chi connectivity index (χ3v) is 3.03. The molecule has 0 aliphatic carbocycles. The van der Waals surface area contributed by atoms with Crippen LogP contribution in [-0.4, -0.2) is 27.8 Å². The maximum absolute atomic E-state index is 12.0. The second-order valence-electron chi connectivity index (χ2n) is 4.43. The predicted octanol–water partition coefficient (Wildman–Crippen LogP) is 2.39. The molecule has 2 rings (SSSR count). The monoisotopic (exact) mass is 278 g/mol. The summed E-state index contributed by atoms with van der Waals surface area (Å²) < 4.78 is 10.4. The molecule has 104 valence electrons. The van der Waals surface area contributed by atoms with E-state index >= 15 is 0 Å². The first kappa shape index (κ1) is 14.9. The van der Waals surface area contributed by atoms with E-state index < -0.39 is 0 Å². The summed E-state index contributed by atoms with van der Waals surface area (Å²) in [7, 11) is 8.75. The zero-order valence-corrected chi connectivity index (χ0v) is 12.0. The molecule has 4 heteroatoms. The highest BCUT2D eigenvalue weighted by Gasteiger charge is 2.04. The van der Waals surface area contributed by atoms with Gasteiger partial charge in [-0.2, -0.15) is 0 Å². The third kappa shape index (κ3) is 3.75. The molecule has 0 bridgehead atoms. The van der Waals surface area contributed by atoms with Gasteiger partial charge in [0, 0.05) is 5.56 Å². The van der Waals surface area contributed by atoms with Crippen LogP contribution in [0.4, 0.5) is 0 Å². The smallest absolute Gasteiger partial charge is 0.185 e. The average molecular weight is 278 g/mol. The quantitative estimate of drug-likeness (QED) is 0.478. The summed E-state index contributed by atoms with van der Waals surface area (Å²) in [6, 6.07) is 12.3. The van der Waals surface area contributed by atoms with Gasteiger partial charge in [0.05, 0.1) is 14.2 Å². The lowest BCUT2D eigenvalue weighted by Gasteiger charge is -2.07. The van der Waals surface area contributed by atoms with Crippen LogP contribution in [0, 0.1) is 0 Å². The Morgan fingerprint density at radius 1 is 1.00 bits per heavy atom. The fourth-order valence-corrected chi connectivity index (χ4v) is 1.87. The number of hydrogen-bond donors (Lipinski definition) is 0. The van der Waals surface area contributed by atoms with E-state index in [-0.39, 0.29) is 5.78 Å². The van der Waals surface area contributed by atoms with Crippen molar-refractivity contribution < 1.29 is 14.3 Å². The maximum atomic E-state index is 12.0. The Hall–Kier alpha value is -2.49. The van der Waals surface area contributed by atoms with Gasteiger partial charge in [-0.05, 0) is 23.8 Å². The number of carbonyl (C=O) groups excluding carboxylic acids is 1. The van der Waals surface area contributed by atoms with Crippen molar-refractivity contribution in [1.82, 2.24) is 0 Å². The predicted molar refractivity (Wildman–Crippen MR) is 84.7 cm³/mol. The Morgan fingerprint density at radius 3 is 2.29 bits per heavy atom. The van der Waals surface area contributed by atoms with Crippen molar-refractivity contribution in [3.63, 3.8) is 0 Å². The van der Waals surface area contributed by atoms with Crippen LogP contribution in [0.5, 0.6) is 11.5 Å². The van der Waals surface area contributed by atoms with Crippen LogP contribution in [-0.2, 0) is 0 Å². The van der Waals surface area contributed by atoms with Crippen LogP contribution in [0.3, 0.4) is 0 Å². The van der Waals surface area contributed by atoms with Crippen LogP contribution >= 0.6 is 0 Å². The summed E-state index contributed by atoms with van der Waals surface area (Å²) in [5.41, 5.74) is 2.09. The minimum Gasteiger partial charge on any atom is -0.493 e. The van der Waals surface area contributed by atoms with Gasteiger partial charge in [-0.15, -0.1) is 0 Å². The van der Waals surface area contributed by atoms with Gasteiger partial charge in [0.1, 0.15) is 7.85 Å². The van der Waals surface area contributed by atoms with E-state index in [0.717, 1.165) is 5.56 Å². The minimum absolute atomic E-state index is 0.0789. The van der Waals surface area contributed by atoms with Crippen LogP contribution in [0.15, 0.2) is 48.5 Å². The number of benzene rings is 2. The molecule has 0 unspecified atom stereocenters. The van der Waals surface area contributed by atoms with Gasteiger partial charge in [0.2, 0.25) is 0 Å². The van der Waals surface area contributed by atoms with E-state index in [1.54, 1.807) is 50.6 Å². The molecule has 0 heterocycles. The van der Waals surface area contributed by atoms with Crippen LogP contribution in [0.25, 0.3) is 6.08 Å². The van der Waals surface area contributed by atoms with Crippen LogP contribution < -0.4 is 14.9 Å². The molecule has 0 saturated heterocycles. The normalized spacial score (nSPS) is 10.6. The zero-order chi connectivity index (χ0) is 15.2. The standard InChI is InChI=1S/C17H15BO3/c1-20-16-10-4-12(11-17(16)21-2)3-9-15(19)13-5-7-14(18)8-6-13/h3-11H,1-2H3/b9-3+. The molecule has 2 aromatic carbocycles. The first-order valence-electron chi connectivity index (χ1n) is 6.44. The molecule has 3 nitrogen and oxygen atoms in total. The van der Waals surface area contributed by atoms with Gasteiger partial charge in [-0.25, -0.2) is 0 Å². The summed E-state index contributed by atoms with van der Waals surface area (Å²) in [4.78, 5) is 12.0. The highest BCUT2D eigenvalue weighted by atomic mass is 16.5. The molecule has 0 amide bonds. The number of allylic oxidation sites excluding steroid dienone is 1. The largest absolute Gasteiger partial charge is 0.493 e. The molecule has 0 saturated carbocycles. The molecule has 2 aromatic rings. The van der Waals surface area contributed by atoms with Crippen molar-refractivity contribution in [1.29, 1.82) is 0 Å². The van der Waals surface area contributed by atoms with Crippen LogP contribution in [0.1, 0.15) is 15.9 Å². The minimum atomic E-state index is -0.0789. The molecule has 0 aliphatic rings. The molecule has 0 aromatic heterocycles. The number of rotatable bonds is 5. The van der Waals surface area contributed by atoms with E-state index in [2.05, 4.69) is 0 Å². The lowest BCUT2D eigenvalue weighted by molar-refractivity contribution is 0.104. The summed E-state index contributed by atoms with van der Waals surface area (Å²) in [5, 5.41) is 0. The van der Waals surface area contributed by atoms with Crippen LogP contribution in [0.2, 0.25) is 0 Å². The Morgan fingerprint density at radius 2 is 1.67 bits per heavy atom. The fourth-order valence-electron chi connectivity index (χ4n) is 1.87. The van der Waals surface area contributed by atoms with Crippen molar-refractivity contribution in [2.45, 2.75) is 0 Å². The summed E-state index contributed by atoms with van der Waals surface area (Å²) in [6.45, 7) is 0. The topological polar surface area (TPSA) is 35.5 Å². The Balaban J connectivity index is 2.17. The van der Waals surface area contributed by atoms with Gasteiger partial charge in [-0.3, -0.25) is 4.79 Å². The highest BCUT2D eigenvalue weighted by molar-refractivity contribution is 6.32. The first-order valence-corrected chi connectivity index (χ1v) is 6.44. The van der Waals surface area contributed by atoms with Gasteiger partial charge in [-0.1, -0.05) is 41.9 Å². The van der Waals surface area contributed by atoms with Gasteiger partial charge in [0.25, 0.3) is 0 Å². The first-order chi connectivity index (χ1) is 10.1. The van der Waals surface area contributed by atoms with Crippen molar-refractivity contribution in [3.05, 3.63) is 59.7 Å². The maximum Gasteiger partial charge on any atom is 0.185 e. The van der Waals surface area contributed by atoms with Gasteiger partial charge < -0.3 is 9.47 Å². The lowest BCUT2D eigenvalue weighted by atomic mass is 9.94. The number of ether oxygens (including phenoxy) is 2. The fraction of sp³-hybridized carbons (Fsp3) is 0.118. The molecule has 0 aliphatic heterocycles. The van der Waals surface area contributed by atoms with Gasteiger partial charge in [0.15, 0.2) is 17.3 Å². The van der Waals surface area contributed by atoms with E-state index in [9.17, 15) is 4.79 Å². The summed E-state index contributed by atoms with van der Waals surface area (Å²) in [6.07, 6.45) is 3.26. The van der Waals surface area contributed by atoms with Crippen molar-refractivity contribution >= 4 is 25.2 Å². The molecule has 0 atom stereocenters. The molecule has 21 heavy (non-hydrogen) atoms. The number of methoxy groups -OCH3 is 2.